The Morgan fingerprint density at radius 2 is 1.83 bits per heavy atom. The third kappa shape index (κ3) is 3.12. The molecule has 92 valence electrons. The van der Waals surface area contributed by atoms with Crippen molar-refractivity contribution in [1.82, 2.24) is 0 Å². The number of carbonyl (C=O) groups excluding carboxylic acids is 1. The van der Waals surface area contributed by atoms with Gasteiger partial charge in [-0.15, -0.1) is 11.8 Å². The van der Waals surface area contributed by atoms with Crippen LogP contribution in [0.15, 0.2) is 12.1 Å². The second-order valence-electron chi connectivity index (χ2n) is 3.64. The summed E-state index contributed by atoms with van der Waals surface area (Å²) in [5.74, 6) is 9.85. The zero-order chi connectivity index (χ0) is 13.5. The van der Waals surface area contributed by atoms with E-state index in [9.17, 15) is 9.18 Å². The molecule has 0 saturated carbocycles. The standard InChI is InChI=1S/C15H14FNO/c1-3-5-7-11-9-10-13(15(17)18)12(14(11)16)8-6-4-2/h9-10H,7-8H2,1-2H3,(H2,17,18). The van der Waals surface area contributed by atoms with Crippen LogP contribution >= 0.6 is 0 Å². The lowest BCUT2D eigenvalue weighted by atomic mass is 9.98. The van der Waals surface area contributed by atoms with E-state index in [1.54, 1.807) is 19.9 Å². The van der Waals surface area contributed by atoms with Crippen LogP contribution < -0.4 is 5.73 Å². The Bertz CT molecular complexity index is 582. The van der Waals surface area contributed by atoms with Crippen molar-refractivity contribution in [2.75, 3.05) is 0 Å². The third-order valence-corrected chi connectivity index (χ3v) is 2.49. The number of hydrogen-bond acceptors (Lipinski definition) is 1. The number of benzene rings is 1. The molecular formula is C15H14FNO. The highest BCUT2D eigenvalue weighted by Crippen LogP contribution is 2.19. The molecule has 0 saturated heterocycles. The van der Waals surface area contributed by atoms with Crippen molar-refractivity contribution in [3.63, 3.8) is 0 Å². The van der Waals surface area contributed by atoms with Gasteiger partial charge in [-0.25, -0.2) is 4.39 Å². The number of rotatable bonds is 3. The predicted octanol–water partition coefficient (Wildman–Crippen LogP) is 2.06. The van der Waals surface area contributed by atoms with Crippen LogP contribution in [0.5, 0.6) is 0 Å². The summed E-state index contributed by atoms with van der Waals surface area (Å²) in [6.07, 6.45) is 0.488. The first-order valence-electron chi connectivity index (χ1n) is 5.51. The molecule has 0 aromatic heterocycles. The third-order valence-electron chi connectivity index (χ3n) is 2.49. The molecule has 1 aromatic carbocycles. The van der Waals surface area contributed by atoms with E-state index in [1.807, 2.05) is 0 Å². The van der Waals surface area contributed by atoms with Gasteiger partial charge in [-0.2, -0.15) is 0 Å². The van der Waals surface area contributed by atoms with Crippen molar-refractivity contribution < 1.29 is 9.18 Å². The first-order chi connectivity index (χ1) is 8.61. The van der Waals surface area contributed by atoms with Gasteiger partial charge >= 0.3 is 0 Å². The number of halogens is 1. The van der Waals surface area contributed by atoms with Crippen LogP contribution in [0.4, 0.5) is 4.39 Å². The first kappa shape index (κ1) is 13.8. The number of primary amides is 1. The summed E-state index contributed by atoms with van der Waals surface area (Å²) >= 11 is 0. The molecule has 0 spiro atoms. The fraction of sp³-hybridized carbons (Fsp3) is 0.267. The molecule has 1 amide bonds. The van der Waals surface area contributed by atoms with Gasteiger partial charge in [0, 0.05) is 29.5 Å². The van der Waals surface area contributed by atoms with Crippen LogP contribution in [0.1, 0.15) is 35.3 Å². The van der Waals surface area contributed by atoms with Gasteiger partial charge in [-0.3, -0.25) is 4.79 Å². The lowest BCUT2D eigenvalue weighted by molar-refractivity contribution is 0.0999. The van der Waals surface area contributed by atoms with Crippen molar-refractivity contribution in [2.45, 2.75) is 26.7 Å². The second-order valence-corrected chi connectivity index (χ2v) is 3.64. The normalized spacial score (nSPS) is 8.83. The molecule has 0 radical (unpaired) electrons. The highest BCUT2D eigenvalue weighted by Gasteiger charge is 2.15. The maximum Gasteiger partial charge on any atom is 0.249 e. The Balaban J connectivity index is 3.30. The molecular weight excluding hydrogens is 229 g/mol. The van der Waals surface area contributed by atoms with E-state index in [2.05, 4.69) is 23.7 Å². The lowest BCUT2D eigenvalue weighted by Crippen LogP contribution is -2.15. The highest BCUT2D eigenvalue weighted by atomic mass is 19.1. The minimum atomic E-state index is -0.644. The average Bonchev–Trinajstić information content (AvgIpc) is 2.35. The molecule has 1 rings (SSSR count). The van der Waals surface area contributed by atoms with E-state index in [0.717, 1.165) is 0 Å². The summed E-state index contributed by atoms with van der Waals surface area (Å²) in [7, 11) is 0. The van der Waals surface area contributed by atoms with Gasteiger partial charge in [0.2, 0.25) is 5.91 Å². The minimum Gasteiger partial charge on any atom is -0.366 e. The molecule has 3 heteroatoms. The summed E-state index contributed by atoms with van der Waals surface area (Å²) < 4.78 is 14.2. The summed E-state index contributed by atoms with van der Waals surface area (Å²) in [5, 5.41) is 0. The maximum atomic E-state index is 14.2. The number of amides is 1. The van der Waals surface area contributed by atoms with Gasteiger partial charge in [0.05, 0.1) is 0 Å². The number of nitrogens with two attached hydrogens (primary N) is 1. The Labute approximate surface area is 106 Å². The zero-order valence-corrected chi connectivity index (χ0v) is 10.4. The first-order valence-corrected chi connectivity index (χ1v) is 5.51. The van der Waals surface area contributed by atoms with Crippen LogP contribution in [-0.4, -0.2) is 5.91 Å². The van der Waals surface area contributed by atoms with Crippen LogP contribution in [0.25, 0.3) is 0 Å². The van der Waals surface area contributed by atoms with E-state index >= 15 is 0 Å². The Kier molecular flexibility index (Phi) is 4.96. The van der Waals surface area contributed by atoms with E-state index in [1.165, 1.54) is 6.07 Å². The van der Waals surface area contributed by atoms with Gasteiger partial charge in [0.15, 0.2) is 0 Å². The summed E-state index contributed by atoms with van der Waals surface area (Å²) in [4.78, 5) is 11.2. The molecule has 2 nitrogen and oxygen atoms in total. The van der Waals surface area contributed by atoms with Crippen LogP contribution in [0.2, 0.25) is 0 Å². The summed E-state index contributed by atoms with van der Waals surface area (Å²) in [5.41, 5.74) is 6.12. The zero-order valence-electron chi connectivity index (χ0n) is 10.4. The van der Waals surface area contributed by atoms with E-state index in [-0.39, 0.29) is 17.5 Å². The summed E-state index contributed by atoms with van der Waals surface area (Å²) in [6.45, 7) is 3.35. The van der Waals surface area contributed by atoms with E-state index in [0.29, 0.717) is 12.0 Å². The Morgan fingerprint density at radius 3 is 2.39 bits per heavy atom. The molecule has 1 aromatic rings. The molecule has 2 N–H and O–H groups in total. The lowest BCUT2D eigenvalue weighted by Gasteiger charge is -2.08. The monoisotopic (exact) mass is 243 g/mol. The number of carbonyl (C=O) groups is 1. The fourth-order valence-corrected chi connectivity index (χ4v) is 1.57. The van der Waals surface area contributed by atoms with E-state index < -0.39 is 11.7 Å². The second kappa shape index (κ2) is 6.47. The van der Waals surface area contributed by atoms with Crippen molar-refractivity contribution in [3.8, 4) is 23.7 Å². The van der Waals surface area contributed by atoms with Crippen LogP contribution in [0.3, 0.4) is 0 Å². The maximum absolute atomic E-state index is 14.2. The smallest absolute Gasteiger partial charge is 0.249 e. The topological polar surface area (TPSA) is 43.1 Å². The van der Waals surface area contributed by atoms with Crippen molar-refractivity contribution in [1.29, 1.82) is 0 Å². The SMILES string of the molecule is CC#CCc1ccc(C(N)=O)c(CC#CC)c1F. The Morgan fingerprint density at radius 1 is 1.22 bits per heavy atom. The van der Waals surface area contributed by atoms with Gasteiger partial charge in [0.1, 0.15) is 5.82 Å². The molecule has 0 atom stereocenters. The van der Waals surface area contributed by atoms with Gasteiger partial charge in [0.25, 0.3) is 0 Å². The minimum absolute atomic E-state index is 0.175. The average molecular weight is 243 g/mol. The van der Waals surface area contributed by atoms with Crippen molar-refractivity contribution >= 4 is 5.91 Å². The quantitative estimate of drug-likeness (QED) is 0.811. The molecule has 0 aliphatic heterocycles. The number of hydrogen-bond donors (Lipinski definition) is 1. The van der Waals surface area contributed by atoms with E-state index in [4.69, 9.17) is 5.73 Å². The van der Waals surface area contributed by atoms with Crippen LogP contribution in [0, 0.1) is 29.5 Å². The Hall–Kier alpha value is -2.26. The molecule has 0 aliphatic carbocycles. The van der Waals surface area contributed by atoms with Gasteiger partial charge in [-0.05, 0) is 19.9 Å². The molecule has 0 fully saturated rings. The fourth-order valence-electron chi connectivity index (χ4n) is 1.57. The van der Waals surface area contributed by atoms with Gasteiger partial charge < -0.3 is 5.73 Å². The predicted molar refractivity (Wildman–Crippen MR) is 69.2 cm³/mol. The van der Waals surface area contributed by atoms with Crippen molar-refractivity contribution in [3.05, 3.63) is 34.6 Å². The molecule has 0 aliphatic rings. The molecule has 0 heterocycles. The molecule has 0 unspecified atom stereocenters. The largest absolute Gasteiger partial charge is 0.366 e. The van der Waals surface area contributed by atoms with Gasteiger partial charge in [-0.1, -0.05) is 17.9 Å². The van der Waals surface area contributed by atoms with Crippen molar-refractivity contribution in [2.24, 2.45) is 5.73 Å². The molecule has 0 bridgehead atoms. The summed E-state index contributed by atoms with van der Waals surface area (Å²) in [6, 6.07) is 3.08. The molecule has 18 heavy (non-hydrogen) atoms. The van der Waals surface area contributed by atoms with Crippen LogP contribution in [-0.2, 0) is 12.8 Å². The highest BCUT2D eigenvalue weighted by molar-refractivity contribution is 5.94.